The number of benzene rings is 1. The fourth-order valence-electron chi connectivity index (χ4n) is 4.18. The van der Waals surface area contributed by atoms with Crippen LogP contribution in [0.3, 0.4) is 0 Å². The van der Waals surface area contributed by atoms with Gasteiger partial charge in [-0.15, -0.1) is 0 Å². The molecular weight excluding hydrogens is 388 g/mol. The van der Waals surface area contributed by atoms with Gasteiger partial charge in [0.05, 0.1) is 16.4 Å². The SMILES string of the molecule is Cc1ccc(-c2cc3c(N4CCN(c5nc6ccccc6[nH]5)CC4)ncnc3[nH]2)cn1. The number of hydrogen-bond acceptors (Lipinski definition) is 6. The molecule has 5 heterocycles. The van der Waals surface area contributed by atoms with Crippen molar-refractivity contribution in [1.82, 2.24) is 29.9 Å². The molecule has 1 aliphatic rings. The molecule has 2 N–H and O–H groups in total. The third kappa shape index (κ3) is 3.16. The summed E-state index contributed by atoms with van der Waals surface area (Å²) < 4.78 is 0. The predicted octanol–water partition coefficient (Wildman–Crippen LogP) is 3.53. The maximum absolute atomic E-state index is 4.74. The van der Waals surface area contributed by atoms with Crippen molar-refractivity contribution in [2.75, 3.05) is 36.0 Å². The Balaban J connectivity index is 1.25. The fourth-order valence-corrected chi connectivity index (χ4v) is 4.18. The van der Waals surface area contributed by atoms with Crippen LogP contribution < -0.4 is 9.80 Å². The number of piperazine rings is 1. The van der Waals surface area contributed by atoms with Gasteiger partial charge < -0.3 is 19.8 Å². The van der Waals surface area contributed by atoms with Gasteiger partial charge in [-0.3, -0.25) is 4.98 Å². The second kappa shape index (κ2) is 7.09. The van der Waals surface area contributed by atoms with Gasteiger partial charge in [-0.1, -0.05) is 12.1 Å². The normalized spacial score (nSPS) is 14.6. The highest BCUT2D eigenvalue weighted by atomic mass is 15.3. The van der Waals surface area contributed by atoms with Crippen LogP contribution in [0.15, 0.2) is 55.0 Å². The number of H-pyrrole nitrogens is 2. The van der Waals surface area contributed by atoms with Crippen molar-refractivity contribution in [3.63, 3.8) is 0 Å². The summed E-state index contributed by atoms with van der Waals surface area (Å²) in [5.41, 5.74) is 5.98. The van der Waals surface area contributed by atoms with E-state index in [4.69, 9.17) is 4.98 Å². The van der Waals surface area contributed by atoms with Crippen molar-refractivity contribution in [3.05, 3.63) is 60.7 Å². The molecule has 4 aromatic heterocycles. The number of imidazole rings is 1. The van der Waals surface area contributed by atoms with Crippen molar-refractivity contribution in [2.24, 2.45) is 0 Å². The second-order valence-electron chi connectivity index (χ2n) is 7.88. The van der Waals surface area contributed by atoms with Crippen molar-refractivity contribution in [1.29, 1.82) is 0 Å². The molecule has 0 spiro atoms. The lowest BCUT2D eigenvalue weighted by atomic mass is 10.2. The van der Waals surface area contributed by atoms with E-state index in [2.05, 4.69) is 52.9 Å². The van der Waals surface area contributed by atoms with E-state index in [0.29, 0.717) is 0 Å². The summed E-state index contributed by atoms with van der Waals surface area (Å²) in [6, 6.07) is 14.4. The lowest BCUT2D eigenvalue weighted by molar-refractivity contribution is 0.639. The molecule has 8 heteroatoms. The molecule has 31 heavy (non-hydrogen) atoms. The van der Waals surface area contributed by atoms with E-state index >= 15 is 0 Å². The molecule has 0 atom stereocenters. The topological polar surface area (TPSA) is 89.6 Å². The first-order valence-electron chi connectivity index (χ1n) is 10.5. The maximum Gasteiger partial charge on any atom is 0.203 e. The largest absolute Gasteiger partial charge is 0.352 e. The molecule has 154 valence electrons. The zero-order chi connectivity index (χ0) is 20.8. The zero-order valence-corrected chi connectivity index (χ0v) is 17.2. The van der Waals surface area contributed by atoms with E-state index in [1.807, 2.05) is 37.4 Å². The Morgan fingerprint density at radius 2 is 1.71 bits per heavy atom. The van der Waals surface area contributed by atoms with Crippen molar-refractivity contribution < 1.29 is 0 Å². The van der Waals surface area contributed by atoms with Crippen molar-refractivity contribution >= 4 is 33.8 Å². The van der Waals surface area contributed by atoms with Gasteiger partial charge >= 0.3 is 0 Å². The number of pyridine rings is 1. The van der Waals surface area contributed by atoms with Crippen LogP contribution in [0.4, 0.5) is 11.8 Å². The molecule has 0 aliphatic carbocycles. The average Bonchev–Trinajstić information content (AvgIpc) is 3.44. The first kappa shape index (κ1) is 17.9. The van der Waals surface area contributed by atoms with Crippen LogP contribution in [0.2, 0.25) is 0 Å². The van der Waals surface area contributed by atoms with E-state index in [-0.39, 0.29) is 0 Å². The summed E-state index contributed by atoms with van der Waals surface area (Å²) in [5.74, 6) is 1.90. The summed E-state index contributed by atoms with van der Waals surface area (Å²) in [7, 11) is 0. The number of fused-ring (bicyclic) bond motifs is 2. The summed E-state index contributed by atoms with van der Waals surface area (Å²) in [6.07, 6.45) is 3.52. The molecule has 0 bridgehead atoms. The smallest absolute Gasteiger partial charge is 0.203 e. The molecular formula is C23H22N8. The Morgan fingerprint density at radius 3 is 2.52 bits per heavy atom. The van der Waals surface area contributed by atoms with E-state index < -0.39 is 0 Å². The molecule has 5 aromatic rings. The van der Waals surface area contributed by atoms with Gasteiger partial charge in [0, 0.05) is 49.3 Å². The molecule has 1 aromatic carbocycles. The number of aromatic nitrogens is 6. The number of hydrogen-bond donors (Lipinski definition) is 2. The molecule has 1 aliphatic heterocycles. The summed E-state index contributed by atoms with van der Waals surface area (Å²) in [6.45, 7) is 5.49. The minimum absolute atomic E-state index is 0.847. The Kier molecular flexibility index (Phi) is 4.09. The lowest BCUT2D eigenvalue weighted by Crippen LogP contribution is -2.47. The third-order valence-corrected chi connectivity index (χ3v) is 5.88. The van der Waals surface area contributed by atoms with Gasteiger partial charge in [0.15, 0.2) is 0 Å². The van der Waals surface area contributed by atoms with Gasteiger partial charge in [0.1, 0.15) is 17.8 Å². The Labute approximate surface area is 179 Å². The molecule has 1 saturated heterocycles. The van der Waals surface area contributed by atoms with E-state index in [1.165, 1.54) is 0 Å². The van der Waals surface area contributed by atoms with Gasteiger partial charge in [-0.25, -0.2) is 15.0 Å². The summed E-state index contributed by atoms with van der Waals surface area (Å²) in [5, 5.41) is 1.04. The molecule has 0 unspecified atom stereocenters. The Bertz CT molecular complexity index is 1330. The van der Waals surface area contributed by atoms with Crippen LogP contribution in [-0.2, 0) is 0 Å². The number of anilines is 2. The highest BCUT2D eigenvalue weighted by molar-refractivity contribution is 5.92. The average molecular weight is 410 g/mol. The minimum atomic E-state index is 0.847. The highest BCUT2D eigenvalue weighted by Gasteiger charge is 2.22. The molecule has 0 amide bonds. The number of nitrogens with one attached hydrogen (secondary N) is 2. The predicted molar refractivity (Wildman–Crippen MR) is 122 cm³/mol. The van der Waals surface area contributed by atoms with Crippen LogP contribution in [-0.4, -0.2) is 56.1 Å². The number of para-hydroxylation sites is 2. The summed E-state index contributed by atoms with van der Waals surface area (Å²) in [4.78, 5) is 29.7. The Hall–Kier alpha value is -3.94. The van der Waals surface area contributed by atoms with Crippen LogP contribution in [0.1, 0.15) is 5.69 Å². The van der Waals surface area contributed by atoms with Crippen molar-refractivity contribution in [2.45, 2.75) is 6.92 Å². The third-order valence-electron chi connectivity index (χ3n) is 5.88. The van der Waals surface area contributed by atoms with Gasteiger partial charge in [0.2, 0.25) is 5.95 Å². The molecule has 6 rings (SSSR count). The fraction of sp³-hybridized carbons (Fsp3) is 0.217. The molecule has 1 fully saturated rings. The van der Waals surface area contributed by atoms with Crippen LogP contribution in [0.5, 0.6) is 0 Å². The van der Waals surface area contributed by atoms with E-state index in [1.54, 1.807) is 6.33 Å². The number of aryl methyl sites for hydroxylation is 1. The zero-order valence-electron chi connectivity index (χ0n) is 17.2. The van der Waals surface area contributed by atoms with Crippen LogP contribution in [0, 0.1) is 6.92 Å². The Morgan fingerprint density at radius 1 is 0.871 bits per heavy atom. The molecule has 0 saturated carbocycles. The highest BCUT2D eigenvalue weighted by Crippen LogP contribution is 2.29. The van der Waals surface area contributed by atoms with Gasteiger partial charge in [-0.05, 0) is 37.3 Å². The molecule has 0 radical (unpaired) electrons. The van der Waals surface area contributed by atoms with E-state index in [0.717, 1.165) is 77.0 Å². The van der Waals surface area contributed by atoms with Crippen molar-refractivity contribution in [3.8, 4) is 11.3 Å². The van der Waals surface area contributed by atoms with Crippen LogP contribution in [0.25, 0.3) is 33.3 Å². The number of nitrogens with zero attached hydrogens (tertiary/aromatic N) is 6. The first-order valence-corrected chi connectivity index (χ1v) is 10.5. The van der Waals surface area contributed by atoms with Gasteiger partial charge in [0.25, 0.3) is 0 Å². The number of rotatable bonds is 3. The standard InChI is InChI=1S/C23H22N8/c1-15-6-7-16(13-24-15)20-12-17-21(27-20)25-14-26-22(17)30-8-10-31(11-9-30)23-28-18-4-2-3-5-19(18)29-23/h2-7,12-14H,8-11H2,1H3,(H,28,29)(H,25,26,27). The maximum atomic E-state index is 4.74. The quantitative estimate of drug-likeness (QED) is 0.473. The monoisotopic (exact) mass is 410 g/mol. The molecule has 8 nitrogen and oxygen atoms in total. The van der Waals surface area contributed by atoms with E-state index in [9.17, 15) is 0 Å². The number of aromatic amines is 2. The summed E-state index contributed by atoms with van der Waals surface area (Å²) >= 11 is 0. The van der Waals surface area contributed by atoms with Crippen LogP contribution >= 0.6 is 0 Å². The minimum Gasteiger partial charge on any atom is -0.352 e. The first-order chi connectivity index (χ1) is 15.2. The second-order valence-corrected chi connectivity index (χ2v) is 7.88. The van der Waals surface area contributed by atoms with Gasteiger partial charge in [-0.2, -0.15) is 0 Å². The lowest BCUT2D eigenvalue weighted by Gasteiger charge is -2.35.